The van der Waals surface area contributed by atoms with Gasteiger partial charge in [0.05, 0.1) is 18.0 Å². The summed E-state index contributed by atoms with van der Waals surface area (Å²) in [6, 6.07) is 6.44. The van der Waals surface area contributed by atoms with Gasteiger partial charge in [-0.2, -0.15) is 8.42 Å². The molecule has 0 radical (unpaired) electrons. The van der Waals surface area contributed by atoms with Crippen molar-refractivity contribution in [3.63, 3.8) is 0 Å². The predicted octanol–water partition coefficient (Wildman–Crippen LogP) is 4.75. The van der Waals surface area contributed by atoms with Gasteiger partial charge in [0.1, 0.15) is 0 Å². The molecule has 11 atom stereocenters. The van der Waals surface area contributed by atoms with E-state index in [0.717, 1.165) is 32.1 Å². The quantitative estimate of drug-likeness (QED) is 0.103. The smallest absolute Gasteiger partial charge is 0.266 e. The fourth-order valence-corrected chi connectivity index (χ4v) is 10.6. The number of benzene rings is 1. The Bertz CT molecular complexity index is 1450. The molecule has 0 aromatic heterocycles. The number of nitrogens with zero attached hydrogens (tertiary/aromatic N) is 3. The Labute approximate surface area is 271 Å². The van der Waals surface area contributed by atoms with Crippen LogP contribution >= 0.6 is 0 Å². The minimum absolute atomic E-state index is 0.0474. The molecule has 0 bridgehead atoms. The molecular formula is C33H49N5O7S. The number of fused-ring (bicyclic) bond motifs is 5. The van der Waals surface area contributed by atoms with Crippen molar-refractivity contribution in [2.24, 2.45) is 51.5 Å². The Hall–Kier alpha value is -2.70. The molecule has 4 saturated carbocycles. The number of rotatable bonds is 10. The monoisotopic (exact) mass is 659 g/mol. The average Bonchev–Trinajstić information content (AvgIpc) is 3.35. The van der Waals surface area contributed by atoms with E-state index in [0.29, 0.717) is 30.5 Å². The largest absolute Gasteiger partial charge is 0.393 e. The molecule has 0 heterocycles. The first kappa shape index (κ1) is 34.6. The van der Waals surface area contributed by atoms with E-state index in [2.05, 4.69) is 41.4 Å². The van der Waals surface area contributed by atoms with Crippen molar-refractivity contribution in [1.29, 1.82) is 0 Å². The minimum Gasteiger partial charge on any atom is -0.393 e. The van der Waals surface area contributed by atoms with Crippen LogP contribution in [0.2, 0.25) is 0 Å². The Balaban J connectivity index is 1.36. The normalized spacial score (nSPS) is 37.5. The van der Waals surface area contributed by atoms with Crippen molar-refractivity contribution in [2.75, 3.05) is 12.3 Å². The van der Waals surface area contributed by atoms with Gasteiger partial charge >= 0.3 is 0 Å². The number of amides is 2. The lowest BCUT2D eigenvalue weighted by molar-refractivity contribution is -0.182. The van der Waals surface area contributed by atoms with Gasteiger partial charge in [0, 0.05) is 35.2 Å². The number of carbonyl (C=O) groups excluding carboxylic acids is 2. The Morgan fingerprint density at radius 2 is 1.80 bits per heavy atom. The number of nitrogens with one attached hydrogen (secondary N) is 2. The second-order valence-electron chi connectivity index (χ2n) is 14.9. The van der Waals surface area contributed by atoms with Crippen molar-refractivity contribution >= 4 is 27.6 Å². The van der Waals surface area contributed by atoms with Crippen molar-refractivity contribution in [3.8, 4) is 0 Å². The molecule has 254 valence electrons. The summed E-state index contributed by atoms with van der Waals surface area (Å²) in [6.07, 6.45) is 5.48. The summed E-state index contributed by atoms with van der Waals surface area (Å²) in [7, 11) is -4.14. The highest BCUT2D eigenvalue weighted by Crippen LogP contribution is 2.68. The third-order valence-electron chi connectivity index (χ3n) is 12.7. The average molecular weight is 660 g/mol. The first-order valence-corrected chi connectivity index (χ1v) is 18.3. The lowest BCUT2D eigenvalue weighted by Crippen LogP contribution is -2.65. The van der Waals surface area contributed by atoms with Crippen LogP contribution in [0.25, 0.3) is 10.4 Å². The van der Waals surface area contributed by atoms with E-state index in [-0.39, 0.29) is 77.8 Å². The predicted molar refractivity (Wildman–Crippen MR) is 172 cm³/mol. The summed E-state index contributed by atoms with van der Waals surface area (Å²) in [5.41, 5.74) is 9.20. The minimum atomic E-state index is -4.14. The maximum Gasteiger partial charge on any atom is 0.266 e. The van der Waals surface area contributed by atoms with Crippen LogP contribution in [0.5, 0.6) is 0 Å². The third-order valence-corrected chi connectivity index (χ3v) is 13.4. The van der Waals surface area contributed by atoms with Gasteiger partial charge in [-0.1, -0.05) is 38.0 Å². The Morgan fingerprint density at radius 1 is 1.09 bits per heavy atom. The third kappa shape index (κ3) is 6.80. The van der Waals surface area contributed by atoms with Crippen molar-refractivity contribution < 1.29 is 32.8 Å². The fourth-order valence-electron chi connectivity index (χ4n) is 10.3. The summed E-state index contributed by atoms with van der Waals surface area (Å²) in [4.78, 5) is 28.9. The maximum absolute atomic E-state index is 13.7. The van der Waals surface area contributed by atoms with Crippen LogP contribution in [-0.2, 0) is 14.9 Å². The van der Waals surface area contributed by atoms with Crippen molar-refractivity contribution in [3.05, 3.63) is 40.3 Å². The summed E-state index contributed by atoms with van der Waals surface area (Å²) >= 11 is 0. The summed E-state index contributed by atoms with van der Waals surface area (Å²) in [5, 5.41) is 32.2. The van der Waals surface area contributed by atoms with E-state index in [9.17, 15) is 28.2 Å². The molecule has 1 aromatic carbocycles. The molecule has 46 heavy (non-hydrogen) atoms. The first-order valence-electron chi connectivity index (χ1n) is 16.7. The highest BCUT2D eigenvalue weighted by atomic mass is 32.2. The second kappa shape index (κ2) is 13.4. The van der Waals surface area contributed by atoms with Gasteiger partial charge in [-0.25, -0.2) is 0 Å². The van der Waals surface area contributed by atoms with Crippen LogP contribution in [0.15, 0.2) is 29.4 Å². The molecule has 1 aromatic rings. The van der Waals surface area contributed by atoms with Gasteiger partial charge in [0.15, 0.2) is 0 Å². The van der Waals surface area contributed by atoms with Gasteiger partial charge in [-0.15, -0.1) is 0 Å². The molecule has 4 fully saturated rings. The lowest BCUT2D eigenvalue weighted by Gasteiger charge is -2.64. The zero-order valence-electron chi connectivity index (χ0n) is 27.0. The number of aliphatic hydroxyl groups is 2. The van der Waals surface area contributed by atoms with Crippen LogP contribution in [0.4, 0.5) is 5.69 Å². The van der Waals surface area contributed by atoms with Crippen molar-refractivity contribution in [2.45, 2.75) is 96.8 Å². The molecule has 5 rings (SSSR count). The van der Waals surface area contributed by atoms with E-state index in [1.54, 1.807) is 24.3 Å². The first-order chi connectivity index (χ1) is 21.7. The summed E-state index contributed by atoms with van der Waals surface area (Å²) in [6.45, 7) is 6.52. The van der Waals surface area contributed by atoms with E-state index >= 15 is 0 Å². The molecule has 0 spiro atoms. The summed E-state index contributed by atoms with van der Waals surface area (Å²) < 4.78 is 30.9. The van der Waals surface area contributed by atoms with Crippen LogP contribution in [0, 0.1) is 46.3 Å². The fraction of sp³-hybridized carbons (Fsp3) is 0.758. The number of carbonyl (C=O) groups is 2. The zero-order chi connectivity index (χ0) is 33.4. The summed E-state index contributed by atoms with van der Waals surface area (Å²) in [5.74, 6) is 0.0526. The highest BCUT2D eigenvalue weighted by molar-refractivity contribution is 7.85. The van der Waals surface area contributed by atoms with E-state index < -0.39 is 27.4 Å². The topological polar surface area (TPSA) is 202 Å². The Kier molecular flexibility index (Phi) is 10.1. The van der Waals surface area contributed by atoms with Crippen molar-refractivity contribution in [1.82, 2.24) is 10.6 Å². The number of hydrogen-bond acceptors (Lipinski definition) is 7. The molecule has 0 aliphatic heterocycles. The van der Waals surface area contributed by atoms with Crippen LogP contribution in [-0.4, -0.2) is 65.5 Å². The van der Waals surface area contributed by atoms with Crippen LogP contribution in [0.1, 0.15) is 88.9 Å². The SMILES string of the molecule is C[C@H](CCC(=O)NCCS(=O)(=O)O)[C@H]1CCC2C3C(C[C@H](O)[C@@]21C)[C@@]1(C)CC[C@@H](O)C[C@H]1C[C@H]3NC(=O)c1ccc(N=[N+]=[N-])cc1. The number of aliphatic hydroxyl groups excluding tert-OH is 2. The molecular weight excluding hydrogens is 610 g/mol. The molecule has 12 nitrogen and oxygen atoms in total. The van der Waals surface area contributed by atoms with Gasteiger partial charge in [0.25, 0.3) is 16.0 Å². The van der Waals surface area contributed by atoms with Crippen LogP contribution < -0.4 is 10.6 Å². The molecule has 3 unspecified atom stereocenters. The van der Waals surface area contributed by atoms with Gasteiger partial charge in [-0.3, -0.25) is 14.1 Å². The Morgan fingerprint density at radius 3 is 2.48 bits per heavy atom. The van der Waals surface area contributed by atoms with Gasteiger partial charge in [0.2, 0.25) is 5.91 Å². The molecule has 0 saturated heterocycles. The van der Waals surface area contributed by atoms with Crippen LogP contribution in [0.3, 0.4) is 0 Å². The molecule has 4 aliphatic rings. The second-order valence-corrected chi connectivity index (χ2v) is 16.5. The number of hydrogen-bond donors (Lipinski definition) is 5. The lowest BCUT2D eigenvalue weighted by atomic mass is 9.42. The molecule has 4 aliphatic carbocycles. The van der Waals surface area contributed by atoms with E-state index in [4.69, 9.17) is 10.1 Å². The molecule has 13 heteroatoms. The molecule has 5 N–H and O–H groups in total. The molecule has 2 amide bonds. The zero-order valence-corrected chi connectivity index (χ0v) is 27.8. The highest BCUT2D eigenvalue weighted by Gasteiger charge is 2.66. The standard InChI is InChI=1S/C33H49N5O7S/c1-19(4-11-29(41)35-14-15-46(43,44)45)24-9-10-25-30-26(18-28(40)33(24,25)3)32(2)13-12-23(39)16-21(32)17-27(30)36-31(42)20-5-7-22(8-6-20)37-38-34/h5-8,19,21,23-28,30,39-40H,4,9-18H2,1-3H3,(H,35,41)(H,36,42)(H,43,44,45)/t19-,21+,23-,24-,25?,26?,27-,28+,30?,32+,33-/m1/s1. The van der Waals surface area contributed by atoms with Gasteiger partial charge in [-0.05, 0) is 115 Å². The number of azide groups is 1. The van der Waals surface area contributed by atoms with E-state index in [1.807, 2.05) is 0 Å². The van der Waals surface area contributed by atoms with E-state index in [1.165, 1.54) is 0 Å². The van der Waals surface area contributed by atoms with Gasteiger partial charge < -0.3 is 20.8 Å². The maximum atomic E-state index is 13.7.